The Balaban J connectivity index is 4.59. The Hall–Kier alpha value is -1.25. The predicted molar refractivity (Wildman–Crippen MR) is 48.5 cm³/mol. The van der Waals surface area contributed by atoms with Gasteiger partial charge in [0.2, 0.25) is 0 Å². The van der Waals surface area contributed by atoms with Crippen LogP contribution in [0, 0.1) is 5.92 Å². The number of nitrogens with two attached hydrogens (primary N) is 1. The van der Waals surface area contributed by atoms with Crippen molar-refractivity contribution in [2.24, 2.45) is 11.7 Å². The number of rotatable bonds is 3. The van der Waals surface area contributed by atoms with Gasteiger partial charge >= 0.3 is 5.97 Å². The van der Waals surface area contributed by atoms with E-state index in [9.17, 15) is 4.79 Å². The van der Waals surface area contributed by atoms with Crippen LogP contribution in [0.4, 0.5) is 0 Å². The third-order valence-corrected chi connectivity index (χ3v) is 1.30. The monoisotopic (exact) mass is 169 g/mol. The minimum Gasteiger partial charge on any atom is -0.478 e. The van der Waals surface area contributed by atoms with Crippen molar-refractivity contribution in [3.63, 3.8) is 0 Å². The number of hydrogen-bond donors (Lipinski definition) is 2. The van der Waals surface area contributed by atoms with Crippen LogP contribution in [-0.4, -0.2) is 11.1 Å². The first kappa shape index (κ1) is 10.8. The first-order valence-corrected chi connectivity index (χ1v) is 3.83. The second-order valence-corrected chi connectivity index (χ2v) is 3.00. The number of aliphatic carboxylic acids is 1. The van der Waals surface area contributed by atoms with Gasteiger partial charge in [0, 0.05) is 5.70 Å². The highest BCUT2D eigenvalue weighted by Gasteiger charge is 2.04. The van der Waals surface area contributed by atoms with Crippen LogP contribution in [0.1, 0.15) is 20.8 Å². The van der Waals surface area contributed by atoms with Gasteiger partial charge in [0.05, 0.1) is 5.57 Å². The zero-order valence-corrected chi connectivity index (χ0v) is 7.66. The molecule has 0 aliphatic rings. The van der Waals surface area contributed by atoms with Gasteiger partial charge < -0.3 is 10.8 Å². The van der Waals surface area contributed by atoms with Gasteiger partial charge in [-0.15, -0.1) is 0 Å². The summed E-state index contributed by atoms with van der Waals surface area (Å²) in [6.07, 6.45) is 3.35. The Morgan fingerprint density at radius 1 is 1.50 bits per heavy atom. The number of carbonyl (C=O) groups is 1. The van der Waals surface area contributed by atoms with E-state index >= 15 is 0 Å². The summed E-state index contributed by atoms with van der Waals surface area (Å²) in [5.41, 5.74) is 5.87. The van der Waals surface area contributed by atoms with Crippen molar-refractivity contribution in [3.8, 4) is 0 Å². The van der Waals surface area contributed by atoms with Gasteiger partial charge in [0.25, 0.3) is 0 Å². The second-order valence-electron chi connectivity index (χ2n) is 3.00. The molecule has 0 heterocycles. The fraction of sp³-hybridized carbons (Fsp3) is 0.444. The molecule has 3 heteroatoms. The van der Waals surface area contributed by atoms with Crippen LogP contribution in [0.15, 0.2) is 23.4 Å². The molecule has 0 aromatic rings. The molecule has 0 saturated carbocycles. The van der Waals surface area contributed by atoms with Crippen LogP contribution in [0.3, 0.4) is 0 Å². The van der Waals surface area contributed by atoms with Crippen LogP contribution in [0.5, 0.6) is 0 Å². The largest absolute Gasteiger partial charge is 0.478 e. The Morgan fingerprint density at radius 3 is 2.25 bits per heavy atom. The standard InChI is InChI=1S/C9H15NO2/c1-6(2)4-5-8(7(3)10)9(11)12/h4-6H,10H2,1-3H3,(H,11,12)/b5-4-,8-7-. The molecule has 0 fully saturated rings. The summed E-state index contributed by atoms with van der Waals surface area (Å²) in [6, 6.07) is 0. The molecule has 0 radical (unpaired) electrons. The highest BCUT2D eigenvalue weighted by molar-refractivity contribution is 5.90. The van der Waals surface area contributed by atoms with Gasteiger partial charge in [0.1, 0.15) is 0 Å². The van der Waals surface area contributed by atoms with Crippen molar-refractivity contribution in [2.75, 3.05) is 0 Å². The smallest absolute Gasteiger partial charge is 0.337 e. The average Bonchev–Trinajstić information content (AvgIpc) is 1.84. The molecule has 0 aliphatic carbocycles. The molecule has 0 atom stereocenters. The lowest BCUT2D eigenvalue weighted by atomic mass is 10.1. The zero-order chi connectivity index (χ0) is 9.72. The van der Waals surface area contributed by atoms with Crippen molar-refractivity contribution in [1.82, 2.24) is 0 Å². The SMILES string of the molecule is C/C(N)=C(\C=C/C(C)C)C(=O)O. The quantitative estimate of drug-likeness (QED) is 0.497. The van der Waals surface area contributed by atoms with Gasteiger partial charge in [-0.1, -0.05) is 19.9 Å². The highest BCUT2D eigenvalue weighted by atomic mass is 16.4. The number of hydrogen-bond acceptors (Lipinski definition) is 2. The van der Waals surface area contributed by atoms with Gasteiger partial charge in [0.15, 0.2) is 0 Å². The van der Waals surface area contributed by atoms with Crippen molar-refractivity contribution in [3.05, 3.63) is 23.4 Å². The zero-order valence-electron chi connectivity index (χ0n) is 7.66. The van der Waals surface area contributed by atoms with E-state index in [0.29, 0.717) is 11.6 Å². The Morgan fingerprint density at radius 2 is 2.00 bits per heavy atom. The van der Waals surface area contributed by atoms with Crippen molar-refractivity contribution in [2.45, 2.75) is 20.8 Å². The van der Waals surface area contributed by atoms with Crippen LogP contribution >= 0.6 is 0 Å². The van der Waals surface area contributed by atoms with E-state index in [0.717, 1.165) is 0 Å². The minimum absolute atomic E-state index is 0.170. The van der Waals surface area contributed by atoms with Crippen LogP contribution in [-0.2, 0) is 4.79 Å². The highest BCUT2D eigenvalue weighted by Crippen LogP contribution is 2.04. The summed E-state index contributed by atoms with van der Waals surface area (Å²) in [5.74, 6) is -0.648. The third kappa shape index (κ3) is 3.81. The molecule has 0 bridgehead atoms. The van der Waals surface area contributed by atoms with Gasteiger partial charge in [-0.05, 0) is 18.9 Å². The average molecular weight is 169 g/mol. The van der Waals surface area contributed by atoms with E-state index in [4.69, 9.17) is 10.8 Å². The molecule has 0 aliphatic heterocycles. The Labute approximate surface area is 72.6 Å². The first-order chi connectivity index (χ1) is 5.45. The number of carboxylic acids is 1. The Kier molecular flexibility index (Phi) is 4.11. The molecule has 0 spiro atoms. The van der Waals surface area contributed by atoms with Crippen molar-refractivity contribution < 1.29 is 9.90 Å². The summed E-state index contributed by atoms with van der Waals surface area (Å²) < 4.78 is 0. The summed E-state index contributed by atoms with van der Waals surface area (Å²) >= 11 is 0. The summed E-state index contributed by atoms with van der Waals surface area (Å²) in [7, 11) is 0. The minimum atomic E-state index is -0.980. The lowest BCUT2D eigenvalue weighted by molar-refractivity contribution is -0.132. The lowest BCUT2D eigenvalue weighted by Crippen LogP contribution is -2.06. The number of allylic oxidation sites excluding steroid dienone is 2. The maximum Gasteiger partial charge on any atom is 0.337 e. The van der Waals surface area contributed by atoms with E-state index in [2.05, 4.69) is 0 Å². The molecular formula is C9H15NO2. The fourth-order valence-corrected chi connectivity index (χ4v) is 0.660. The summed E-state index contributed by atoms with van der Waals surface area (Å²) in [6.45, 7) is 5.53. The van der Waals surface area contributed by atoms with E-state index in [1.54, 1.807) is 19.1 Å². The van der Waals surface area contributed by atoms with E-state index < -0.39 is 5.97 Å². The van der Waals surface area contributed by atoms with Crippen molar-refractivity contribution in [1.29, 1.82) is 0 Å². The molecule has 0 rings (SSSR count). The molecule has 68 valence electrons. The molecule has 0 aromatic heterocycles. The topological polar surface area (TPSA) is 63.3 Å². The maximum atomic E-state index is 10.6. The van der Waals surface area contributed by atoms with Crippen LogP contribution in [0.2, 0.25) is 0 Å². The predicted octanol–water partition coefficient (Wildman–Crippen LogP) is 1.52. The van der Waals surface area contributed by atoms with E-state index in [-0.39, 0.29) is 5.57 Å². The molecule has 3 N–H and O–H groups in total. The number of carboxylic acid groups (broad SMARTS) is 1. The molecule has 3 nitrogen and oxygen atoms in total. The van der Waals surface area contributed by atoms with E-state index in [1.165, 1.54) is 0 Å². The molecule has 0 saturated heterocycles. The lowest BCUT2D eigenvalue weighted by Gasteiger charge is -1.98. The fourth-order valence-electron chi connectivity index (χ4n) is 0.660. The van der Waals surface area contributed by atoms with E-state index in [1.807, 2.05) is 13.8 Å². The van der Waals surface area contributed by atoms with Gasteiger partial charge in [-0.2, -0.15) is 0 Å². The molecule has 0 amide bonds. The summed E-state index contributed by atoms with van der Waals surface area (Å²) in [5, 5.41) is 8.67. The maximum absolute atomic E-state index is 10.6. The molecule has 12 heavy (non-hydrogen) atoms. The van der Waals surface area contributed by atoms with Crippen molar-refractivity contribution >= 4 is 5.97 Å². The van der Waals surface area contributed by atoms with Gasteiger partial charge in [-0.25, -0.2) is 4.79 Å². The molecule has 0 unspecified atom stereocenters. The van der Waals surface area contributed by atoms with Crippen LogP contribution in [0.25, 0.3) is 0 Å². The third-order valence-electron chi connectivity index (χ3n) is 1.30. The summed E-state index contributed by atoms with van der Waals surface area (Å²) in [4.78, 5) is 10.6. The normalized spacial score (nSPS) is 13.7. The first-order valence-electron chi connectivity index (χ1n) is 3.83. The second kappa shape index (κ2) is 4.59. The van der Waals surface area contributed by atoms with Gasteiger partial charge in [-0.3, -0.25) is 0 Å². The molecular weight excluding hydrogens is 154 g/mol. The van der Waals surface area contributed by atoms with Crippen LogP contribution < -0.4 is 5.73 Å². The molecule has 0 aromatic carbocycles. The Bertz CT molecular complexity index is 223.